The molecule has 0 heterocycles. The molecule has 118 valence electrons. The summed E-state index contributed by atoms with van der Waals surface area (Å²) in [5.74, 6) is 0. The molecular formula is C13H13BrN2O4S2. The van der Waals surface area contributed by atoms with Gasteiger partial charge in [-0.15, -0.1) is 0 Å². The molecule has 0 atom stereocenters. The number of hydrogen-bond donors (Lipinski definition) is 2. The minimum Gasteiger partial charge on any atom is -0.282 e. The zero-order valence-electron chi connectivity index (χ0n) is 11.4. The molecule has 0 radical (unpaired) electrons. The second-order valence-electron chi connectivity index (χ2n) is 4.48. The molecule has 0 saturated carbocycles. The Morgan fingerprint density at radius 3 is 1.82 bits per heavy atom. The minimum absolute atomic E-state index is 0.0739. The Bertz CT molecular complexity index is 879. The molecule has 2 N–H and O–H groups in total. The Kier molecular flexibility index (Phi) is 4.78. The van der Waals surface area contributed by atoms with Gasteiger partial charge in [-0.05, 0) is 36.4 Å². The van der Waals surface area contributed by atoms with Gasteiger partial charge in [0.1, 0.15) is 0 Å². The van der Waals surface area contributed by atoms with Crippen molar-refractivity contribution in [1.29, 1.82) is 0 Å². The molecule has 9 heteroatoms. The van der Waals surface area contributed by atoms with Crippen molar-refractivity contribution in [3.8, 4) is 0 Å². The fraction of sp³-hybridized carbons (Fsp3) is 0.0769. The summed E-state index contributed by atoms with van der Waals surface area (Å²) in [7, 11) is -7.33. The summed E-state index contributed by atoms with van der Waals surface area (Å²) in [4.78, 5) is 0.0739. The van der Waals surface area contributed by atoms with Gasteiger partial charge in [0, 0.05) is 4.47 Å². The van der Waals surface area contributed by atoms with E-state index in [1.54, 1.807) is 24.3 Å². The lowest BCUT2D eigenvalue weighted by molar-refractivity contribution is 0.600. The van der Waals surface area contributed by atoms with E-state index < -0.39 is 20.0 Å². The van der Waals surface area contributed by atoms with Gasteiger partial charge < -0.3 is 0 Å². The molecule has 0 aliphatic rings. The number of halogens is 1. The van der Waals surface area contributed by atoms with E-state index in [2.05, 4.69) is 25.4 Å². The van der Waals surface area contributed by atoms with Crippen LogP contribution in [0.15, 0.2) is 57.9 Å². The van der Waals surface area contributed by atoms with Crippen LogP contribution in [0.5, 0.6) is 0 Å². The second-order valence-corrected chi connectivity index (χ2v) is 8.83. The minimum atomic E-state index is -3.81. The van der Waals surface area contributed by atoms with Crippen molar-refractivity contribution in [2.75, 3.05) is 15.7 Å². The smallest absolute Gasteiger partial charge is 0.261 e. The van der Waals surface area contributed by atoms with Gasteiger partial charge in [0.05, 0.1) is 22.5 Å². The van der Waals surface area contributed by atoms with Crippen LogP contribution < -0.4 is 9.44 Å². The van der Waals surface area contributed by atoms with E-state index in [0.717, 1.165) is 10.7 Å². The third kappa shape index (κ3) is 4.46. The Morgan fingerprint density at radius 2 is 1.32 bits per heavy atom. The Balaban J connectivity index is 2.36. The lowest BCUT2D eigenvalue weighted by Crippen LogP contribution is -2.16. The van der Waals surface area contributed by atoms with Crippen molar-refractivity contribution >= 4 is 47.4 Å². The van der Waals surface area contributed by atoms with Gasteiger partial charge in [0.2, 0.25) is 10.0 Å². The number of benzene rings is 2. The molecule has 0 fully saturated rings. The maximum Gasteiger partial charge on any atom is 0.261 e. The molecule has 0 amide bonds. The average Bonchev–Trinajstić information content (AvgIpc) is 2.39. The van der Waals surface area contributed by atoms with Crippen molar-refractivity contribution in [2.24, 2.45) is 0 Å². The van der Waals surface area contributed by atoms with Crippen LogP contribution in [-0.4, -0.2) is 23.1 Å². The number of para-hydroxylation sites is 2. The summed E-state index contributed by atoms with van der Waals surface area (Å²) in [6.07, 6.45) is 0.993. The van der Waals surface area contributed by atoms with E-state index in [1.807, 2.05) is 0 Å². The number of rotatable bonds is 5. The van der Waals surface area contributed by atoms with E-state index in [-0.39, 0.29) is 16.3 Å². The molecule has 0 aromatic heterocycles. The Labute approximate surface area is 137 Å². The van der Waals surface area contributed by atoms with Crippen LogP contribution in [0.3, 0.4) is 0 Å². The first-order valence-corrected chi connectivity index (χ1v) is 10.2. The van der Waals surface area contributed by atoms with E-state index in [1.165, 1.54) is 24.3 Å². The number of sulfonamides is 2. The molecule has 0 aliphatic carbocycles. The first kappa shape index (κ1) is 16.8. The predicted octanol–water partition coefficient (Wildman–Crippen LogP) is 2.62. The molecule has 0 bridgehead atoms. The lowest BCUT2D eigenvalue weighted by atomic mass is 10.3. The van der Waals surface area contributed by atoms with Crippen LogP contribution in [0.1, 0.15) is 0 Å². The zero-order valence-corrected chi connectivity index (χ0v) is 14.7. The van der Waals surface area contributed by atoms with Gasteiger partial charge in [-0.1, -0.05) is 28.1 Å². The molecule has 22 heavy (non-hydrogen) atoms. The van der Waals surface area contributed by atoms with E-state index in [9.17, 15) is 16.8 Å². The van der Waals surface area contributed by atoms with Crippen LogP contribution in [0.4, 0.5) is 11.4 Å². The maximum atomic E-state index is 12.3. The third-order valence-corrected chi connectivity index (χ3v) is 5.09. The van der Waals surface area contributed by atoms with Crippen molar-refractivity contribution in [3.63, 3.8) is 0 Å². The average molecular weight is 405 g/mol. The van der Waals surface area contributed by atoms with Gasteiger partial charge in [0.25, 0.3) is 10.0 Å². The Morgan fingerprint density at radius 1 is 0.818 bits per heavy atom. The third-order valence-electron chi connectivity index (χ3n) is 2.59. The lowest BCUT2D eigenvalue weighted by Gasteiger charge is -2.13. The van der Waals surface area contributed by atoms with Crippen molar-refractivity contribution in [1.82, 2.24) is 0 Å². The summed E-state index contributed by atoms with van der Waals surface area (Å²) < 4.78 is 52.7. The van der Waals surface area contributed by atoms with Crippen molar-refractivity contribution in [2.45, 2.75) is 4.90 Å². The number of anilines is 2. The highest BCUT2D eigenvalue weighted by atomic mass is 79.9. The summed E-state index contributed by atoms with van der Waals surface area (Å²) in [5, 5.41) is 0. The highest BCUT2D eigenvalue weighted by Crippen LogP contribution is 2.25. The molecule has 0 saturated heterocycles. The molecule has 2 rings (SSSR count). The van der Waals surface area contributed by atoms with Crippen molar-refractivity contribution < 1.29 is 16.8 Å². The maximum absolute atomic E-state index is 12.3. The monoisotopic (exact) mass is 404 g/mol. The van der Waals surface area contributed by atoms with Crippen LogP contribution in [0.25, 0.3) is 0 Å². The molecule has 6 nitrogen and oxygen atoms in total. The van der Waals surface area contributed by atoms with Gasteiger partial charge in [-0.2, -0.15) is 0 Å². The fourth-order valence-electron chi connectivity index (χ4n) is 1.68. The highest BCUT2D eigenvalue weighted by Gasteiger charge is 2.16. The summed E-state index contributed by atoms with van der Waals surface area (Å²) in [5.41, 5.74) is 0.307. The normalized spacial score (nSPS) is 11.9. The van der Waals surface area contributed by atoms with Gasteiger partial charge in [-0.3, -0.25) is 9.44 Å². The highest BCUT2D eigenvalue weighted by molar-refractivity contribution is 9.10. The van der Waals surface area contributed by atoms with Crippen LogP contribution in [0.2, 0.25) is 0 Å². The summed E-state index contributed by atoms with van der Waals surface area (Å²) >= 11 is 3.23. The van der Waals surface area contributed by atoms with Crippen molar-refractivity contribution in [3.05, 3.63) is 53.0 Å². The van der Waals surface area contributed by atoms with Crippen LogP contribution >= 0.6 is 15.9 Å². The number of nitrogens with one attached hydrogen (secondary N) is 2. The predicted molar refractivity (Wildman–Crippen MR) is 89.9 cm³/mol. The van der Waals surface area contributed by atoms with E-state index >= 15 is 0 Å². The molecular weight excluding hydrogens is 392 g/mol. The fourth-order valence-corrected chi connectivity index (χ4v) is 3.60. The largest absolute Gasteiger partial charge is 0.282 e. The molecule has 0 unspecified atom stereocenters. The number of hydrogen-bond acceptors (Lipinski definition) is 4. The van der Waals surface area contributed by atoms with Gasteiger partial charge in [-0.25, -0.2) is 16.8 Å². The molecule has 2 aromatic rings. The first-order chi connectivity index (χ1) is 10.2. The SMILES string of the molecule is CS(=O)(=O)Nc1ccccc1NS(=O)(=O)c1ccc(Br)cc1. The summed E-state index contributed by atoms with van der Waals surface area (Å²) in [6, 6.07) is 12.3. The standard InChI is InChI=1S/C13H13BrN2O4S2/c1-21(17,18)15-12-4-2-3-5-13(12)16-22(19,20)11-8-6-10(14)7-9-11/h2-9,15-16H,1H3. The topological polar surface area (TPSA) is 92.3 Å². The van der Waals surface area contributed by atoms with E-state index in [0.29, 0.717) is 0 Å². The zero-order chi connectivity index (χ0) is 16.4. The Hall–Kier alpha value is -1.58. The second kappa shape index (κ2) is 6.27. The van der Waals surface area contributed by atoms with Crippen LogP contribution in [0, 0.1) is 0 Å². The molecule has 0 aliphatic heterocycles. The van der Waals surface area contributed by atoms with E-state index in [4.69, 9.17) is 0 Å². The molecule has 2 aromatic carbocycles. The molecule has 0 spiro atoms. The van der Waals surface area contributed by atoms with Gasteiger partial charge in [0.15, 0.2) is 0 Å². The quantitative estimate of drug-likeness (QED) is 0.800. The van der Waals surface area contributed by atoms with Crippen LogP contribution in [-0.2, 0) is 20.0 Å². The van der Waals surface area contributed by atoms with Gasteiger partial charge >= 0.3 is 0 Å². The first-order valence-electron chi connectivity index (χ1n) is 6.02. The summed E-state index contributed by atoms with van der Waals surface area (Å²) in [6.45, 7) is 0.